The normalized spacial score (nSPS) is 13.8. The van der Waals surface area contributed by atoms with Crippen LogP contribution in [0.4, 0.5) is 17.1 Å². The van der Waals surface area contributed by atoms with Crippen molar-refractivity contribution >= 4 is 38.9 Å². The Hall–Kier alpha value is -5.86. The van der Waals surface area contributed by atoms with Crippen LogP contribution in [0.2, 0.25) is 0 Å². The van der Waals surface area contributed by atoms with Gasteiger partial charge in [-0.05, 0) is 119 Å². The Balaban J connectivity index is 0.000000209. The third-order valence-electron chi connectivity index (χ3n) is 12.0. The van der Waals surface area contributed by atoms with Gasteiger partial charge in [-0.2, -0.15) is 0 Å². The summed E-state index contributed by atoms with van der Waals surface area (Å²) in [5.74, 6) is 0.584. The third kappa shape index (κ3) is 6.65. The summed E-state index contributed by atoms with van der Waals surface area (Å²) in [5.41, 5.74) is 15.7. The quantitative estimate of drug-likeness (QED) is 0.152. The zero-order chi connectivity index (χ0) is 38.1. The van der Waals surface area contributed by atoms with E-state index in [-0.39, 0.29) is 5.41 Å². The summed E-state index contributed by atoms with van der Waals surface area (Å²) in [6, 6.07) is 62.2. The van der Waals surface area contributed by atoms with Gasteiger partial charge in [-0.3, -0.25) is 0 Å². The van der Waals surface area contributed by atoms with Crippen LogP contribution in [0.5, 0.6) is 0 Å². The monoisotopic (exact) mass is 716 g/mol. The zero-order valence-electron chi connectivity index (χ0n) is 33.1. The minimum Gasteiger partial charge on any atom is -0.338 e. The van der Waals surface area contributed by atoms with Gasteiger partial charge in [0.1, 0.15) is 0 Å². The Morgan fingerprint density at radius 2 is 0.964 bits per heavy atom. The lowest BCUT2D eigenvalue weighted by atomic mass is 9.80. The van der Waals surface area contributed by atoms with E-state index in [1.165, 1.54) is 60.8 Å². The Bertz CT molecular complexity index is 2470. The number of aromatic nitrogens is 1. The van der Waals surface area contributed by atoms with Crippen LogP contribution in [0, 0.1) is 0 Å². The number of rotatable bonds is 8. The molecule has 0 saturated carbocycles. The van der Waals surface area contributed by atoms with Crippen molar-refractivity contribution in [3.63, 3.8) is 0 Å². The van der Waals surface area contributed by atoms with Crippen LogP contribution in [0.25, 0.3) is 44.1 Å². The van der Waals surface area contributed by atoms with E-state index in [0.29, 0.717) is 12.0 Å². The fourth-order valence-corrected chi connectivity index (χ4v) is 8.49. The average Bonchev–Trinajstić information content (AvgIpc) is 3.69. The number of anilines is 3. The molecule has 1 aliphatic rings. The zero-order valence-corrected chi connectivity index (χ0v) is 33.1. The van der Waals surface area contributed by atoms with Crippen molar-refractivity contribution < 1.29 is 0 Å². The van der Waals surface area contributed by atoms with Gasteiger partial charge in [-0.15, -0.1) is 0 Å². The second-order valence-electron chi connectivity index (χ2n) is 15.7. The van der Waals surface area contributed by atoms with Crippen LogP contribution in [0.3, 0.4) is 0 Å². The molecular weight excluding hydrogens is 665 g/mol. The molecule has 0 radical (unpaired) electrons. The fourth-order valence-electron chi connectivity index (χ4n) is 8.49. The smallest absolute Gasteiger partial charge is 0.0493 e. The standard InChI is InChI=1S/C37H35N.C16H17N/c1-5-26(2)28-18-22-33-34-23-19-29(25-36(34)37(3,4)35(33)24-28)27-16-20-32(21-17-27)38(30-12-8-6-9-13-30)31-14-10-7-11-15-31;1-3-12(2)17-15-10-6-4-8-13(15)14-9-5-7-11-16(14)17/h6-26H,5H2,1-4H3;4-12H,3H2,1-2H3. The molecule has 2 atom stereocenters. The highest BCUT2D eigenvalue weighted by Gasteiger charge is 2.36. The van der Waals surface area contributed by atoms with E-state index in [0.717, 1.165) is 29.9 Å². The Morgan fingerprint density at radius 3 is 1.51 bits per heavy atom. The molecule has 274 valence electrons. The van der Waals surface area contributed by atoms with E-state index in [9.17, 15) is 0 Å². The first-order valence-corrected chi connectivity index (χ1v) is 20.1. The van der Waals surface area contributed by atoms with Gasteiger partial charge in [0, 0.05) is 50.3 Å². The van der Waals surface area contributed by atoms with Gasteiger partial charge in [-0.1, -0.05) is 150 Å². The van der Waals surface area contributed by atoms with Crippen molar-refractivity contribution in [2.75, 3.05) is 4.90 Å². The van der Waals surface area contributed by atoms with Crippen LogP contribution < -0.4 is 4.90 Å². The summed E-state index contributed by atoms with van der Waals surface area (Å²) in [4.78, 5) is 2.31. The fraction of sp³-hybridized carbons (Fsp3) is 0.208. The molecular formula is C53H52N2. The van der Waals surface area contributed by atoms with Crippen molar-refractivity contribution in [1.82, 2.24) is 4.57 Å². The summed E-state index contributed by atoms with van der Waals surface area (Å²) in [7, 11) is 0. The number of hydrogen-bond acceptors (Lipinski definition) is 1. The van der Waals surface area contributed by atoms with Gasteiger partial charge in [0.2, 0.25) is 0 Å². The van der Waals surface area contributed by atoms with Gasteiger partial charge in [0.05, 0.1) is 0 Å². The van der Waals surface area contributed by atoms with E-state index in [4.69, 9.17) is 0 Å². The van der Waals surface area contributed by atoms with Crippen molar-refractivity contribution in [1.29, 1.82) is 0 Å². The average molecular weight is 717 g/mol. The van der Waals surface area contributed by atoms with Crippen LogP contribution in [-0.2, 0) is 5.41 Å². The lowest BCUT2D eigenvalue weighted by Crippen LogP contribution is -2.15. The molecule has 1 aromatic heterocycles. The van der Waals surface area contributed by atoms with Gasteiger partial charge in [-0.25, -0.2) is 0 Å². The molecule has 55 heavy (non-hydrogen) atoms. The predicted molar refractivity (Wildman–Crippen MR) is 237 cm³/mol. The van der Waals surface area contributed by atoms with Crippen molar-refractivity contribution in [3.05, 3.63) is 187 Å². The van der Waals surface area contributed by atoms with Crippen molar-refractivity contribution in [2.24, 2.45) is 0 Å². The highest BCUT2D eigenvalue weighted by Crippen LogP contribution is 2.50. The number of benzene rings is 7. The van der Waals surface area contributed by atoms with Crippen molar-refractivity contribution in [2.45, 2.75) is 71.8 Å². The van der Waals surface area contributed by atoms with Crippen LogP contribution in [0.15, 0.2) is 170 Å². The highest BCUT2D eigenvalue weighted by atomic mass is 15.1. The maximum atomic E-state index is 2.46. The number of nitrogens with zero attached hydrogens (tertiary/aromatic N) is 2. The van der Waals surface area contributed by atoms with E-state index >= 15 is 0 Å². The van der Waals surface area contributed by atoms with E-state index < -0.39 is 0 Å². The van der Waals surface area contributed by atoms with Crippen LogP contribution >= 0.6 is 0 Å². The second kappa shape index (κ2) is 15.1. The molecule has 2 nitrogen and oxygen atoms in total. The highest BCUT2D eigenvalue weighted by molar-refractivity contribution is 6.08. The van der Waals surface area contributed by atoms with Crippen molar-refractivity contribution in [3.8, 4) is 22.3 Å². The van der Waals surface area contributed by atoms with Gasteiger partial charge < -0.3 is 9.47 Å². The second-order valence-corrected chi connectivity index (χ2v) is 15.7. The Kier molecular flexibility index (Phi) is 9.93. The molecule has 2 unspecified atom stereocenters. The third-order valence-corrected chi connectivity index (χ3v) is 12.0. The van der Waals surface area contributed by atoms with Gasteiger partial charge in [0.25, 0.3) is 0 Å². The molecule has 0 amide bonds. The number of para-hydroxylation sites is 4. The molecule has 8 aromatic rings. The van der Waals surface area contributed by atoms with Crippen LogP contribution in [-0.4, -0.2) is 4.57 Å². The molecule has 7 aromatic carbocycles. The molecule has 0 aliphatic heterocycles. The molecule has 0 spiro atoms. The van der Waals surface area contributed by atoms with E-state index in [2.05, 4.69) is 221 Å². The lowest BCUT2D eigenvalue weighted by molar-refractivity contribution is 0.563. The topological polar surface area (TPSA) is 8.17 Å². The maximum absolute atomic E-state index is 2.46. The van der Waals surface area contributed by atoms with Gasteiger partial charge in [0.15, 0.2) is 0 Å². The molecule has 0 N–H and O–H groups in total. The Morgan fingerprint density at radius 1 is 0.491 bits per heavy atom. The summed E-state index contributed by atoms with van der Waals surface area (Å²) < 4.78 is 2.46. The lowest BCUT2D eigenvalue weighted by Gasteiger charge is -2.25. The summed E-state index contributed by atoms with van der Waals surface area (Å²) in [6.45, 7) is 13.9. The molecule has 2 heteroatoms. The number of hydrogen-bond donors (Lipinski definition) is 0. The molecule has 0 saturated heterocycles. The van der Waals surface area contributed by atoms with E-state index in [1.54, 1.807) is 0 Å². The first kappa shape index (κ1) is 36.1. The predicted octanol–water partition coefficient (Wildman–Crippen LogP) is 15.4. The summed E-state index contributed by atoms with van der Waals surface area (Å²) in [6.07, 6.45) is 2.32. The largest absolute Gasteiger partial charge is 0.338 e. The minimum absolute atomic E-state index is 0.0124. The molecule has 1 aliphatic carbocycles. The first-order valence-electron chi connectivity index (χ1n) is 20.1. The summed E-state index contributed by atoms with van der Waals surface area (Å²) in [5, 5.41) is 2.73. The maximum Gasteiger partial charge on any atom is 0.0493 e. The Labute approximate surface area is 327 Å². The number of fused-ring (bicyclic) bond motifs is 6. The molecule has 9 rings (SSSR count). The SMILES string of the molecule is CCC(C)c1ccc2c(c1)C(C)(C)c1cc(-c3ccc(N(c4ccccc4)c4ccccc4)cc3)ccc1-2.CCC(C)n1c2ccccc2c2ccccc21. The molecule has 1 heterocycles. The molecule has 0 fully saturated rings. The first-order chi connectivity index (χ1) is 26.8. The summed E-state index contributed by atoms with van der Waals surface area (Å²) >= 11 is 0. The van der Waals surface area contributed by atoms with E-state index in [1.807, 2.05) is 0 Å². The molecule has 0 bridgehead atoms. The van der Waals surface area contributed by atoms with Crippen LogP contribution in [0.1, 0.15) is 83.0 Å². The van der Waals surface area contributed by atoms with Gasteiger partial charge >= 0.3 is 0 Å². The minimum atomic E-state index is -0.0124.